The van der Waals surface area contributed by atoms with E-state index in [-0.39, 0.29) is 28.3 Å². The van der Waals surface area contributed by atoms with Crippen molar-refractivity contribution in [3.8, 4) is 0 Å². The van der Waals surface area contributed by atoms with Crippen LogP contribution in [0.3, 0.4) is 0 Å². The number of carbonyl (C=O) groups is 1. The van der Waals surface area contributed by atoms with Crippen LogP contribution in [0.25, 0.3) is 0 Å². The van der Waals surface area contributed by atoms with E-state index in [9.17, 15) is 22.4 Å². The zero-order valence-corrected chi connectivity index (χ0v) is 18.5. The minimum atomic E-state index is -4.42. The molecule has 2 aromatic rings. The van der Waals surface area contributed by atoms with Crippen molar-refractivity contribution >= 4 is 17.6 Å². The minimum absolute atomic E-state index is 0.0158. The van der Waals surface area contributed by atoms with Gasteiger partial charge in [-0.05, 0) is 48.1 Å². The summed E-state index contributed by atoms with van der Waals surface area (Å²) >= 11 is 6.00. The molecule has 1 N–H and O–H groups in total. The molecule has 5 nitrogen and oxygen atoms in total. The molecule has 5 rings (SSSR count). The number of hydrogen-bond acceptors (Lipinski definition) is 3. The van der Waals surface area contributed by atoms with Gasteiger partial charge in [-0.15, -0.1) is 0 Å². The molecular formula is C23H23ClF4N4O. The number of hydrogen-bond donors (Lipinski definition) is 1. The summed E-state index contributed by atoms with van der Waals surface area (Å²) in [5.74, 6) is -0.0135. The summed E-state index contributed by atoms with van der Waals surface area (Å²) in [6.07, 6.45) is 0.388. The third-order valence-corrected chi connectivity index (χ3v) is 7.34. The van der Waals surface area contributed by atoms with Crippen LogP contribution >= 0.6 is 11.6 Å². The van der Waals surface area contributed by atoms with E-state index in [0.29, 0.717) is 31.1 Å². The van der Waals surface area contributed by atoms with Crippen LogP contribution in [-0.2, 0) is 12.7 Å². The van der Waals surface area contributed by atoms with Crippen molar-refractivity contribution in [1.29, 1.82) is 0 Å². The van der Waals surface area contributed by atoms with Gasteiger partial charge >= 0.3 is 12.2 Å². The molecule has 10 heteroatoms. The number of nitrogens with zero attached hydrogens (tertiary/aromatic N) is 3. The average molecular weight is 483 g/mol. The molecule has 0 unspecified atom stereocenters. The summed E-state index contributed by atoms with van der Waals surface area (Å²) in [5, 5.41) is 3.32. The van der Waals surface area contributed by atoms with E-state index < -0.39 is 11.7 Å². The Morgan fingerprint density at radius 3 is 2.52 bits per heavy atom. The van der Waals surface area contributed by atoms with Gasteiger partial charge in [-0.3, -0.25) is 4.98 Å². The highest BCUT2D eigenvalue weighted by Crippen LogP contribution is 2.56. The van der Waals surface area contributed by atoms with Crippen molar-refractivity contribution in [2.75, 3.05) is 26.2 Å². The molecular weight excluding hydrogens is 460 g/mol. The normalized spacial score (nSPS) is 20.4. The van der Waals surface area contributed by atoms with E-state index in [0.717, 1.165) is 43.6 Å². The maximum atomic E-state index is 13.4. The molecule has 3 fully saturated rings. The van der Waals surface area contributed by atoms with Gasteiger partial charge in [0.25, 0.3) is 0 Å². The predicted molar refractivity (Wildman–Crippen MR) is 114 cm³/mol. The lowest BCUT2D eigenvalue weighted by Gasteiger charge is -2.60. The summed E-state index contributed by atoms with van der Waals surface area (Å²) in [4.78, 5) is 20.2. The summed E-state index contributed by atoms with van der Waals surface area (Å²) < 4.78 is 51.6. The third-order valence-electron chi connectivity index (χ3n) is 6.99. The fourth-order valence-electron chi connectivity index (χ4n) is 5.11. The van der Waals surface area contributed by atoms with Gasteiger partial charge in [0, 0.05) is 55.4 Å². The van der Waals surface area contributed by atoms with Crippen LogP contribution in [0.5, 0.6) is 0 Å². The number of pyridine rings is 1. The average Bonchev–Trinajstić information content (AvgIpc) is 2.65. The van der Waals surface area contributed by atoms with Crippen molar-refractivity contribution in [2.24, 2.45) is 5.41 Å². The van der Waals surface area contributed by atoms with E-state index in [1.54, 1.807) is 11.1 Å². The standard InChI is InChI=1S/C23H23ClF4N4O/c24-20-4-17(23(26,27)28)2-1-14(20)8-30-19-10-31(11-19)21(33)32-12-22(13-32)5-16(6-22)15-3-18(25)9-29-7-15/h1-4,7,9,16,19,30H,5-6,8,10-13H2. The summed E-state index contributed by atoms with van der Waals surface area (Å²) in [6.45, 7) is 2.89. The highest BCUT2D eigenvalue weighted by Gasteiger charge is 2.55. The number of benzene rings is 1. The van der Waals surface area contributed by atoms with Crippen LogP contribution < -0.4 is 5.32 Å². The quantitative estimate of drug-likeness (QED) is 0.644. The molecule has 2 saturated heterocycles. The predicted octanol–water partition coefficient (Wildman–Crippen LogP) is 4.67. The molecule has 0 radical (unpaired) electrons. The molecule has 1 spiro atoms. The molecule has 1 aromatic heterocycles. The van der Waals surface area contributed by atoms with E-state index in [1.807, 2.05) is 4.90 Å². The van der Waals surface area contributed by atoms with Gasteiger partial charge in [0.05, 0.1) is 11.8 Å². The topological polar surface area (TPSA) is 48.5 Å². The Bertz CT molecular complexity index is 1060. The van der Waals surface area contributed by atoms with Crippen molar-refractivity contribution < 1.29 is 22.4 Å². The molecule has 0 atom stereocenters. The first-order valence-electron chi connectivity index (χ1n) is 10.9. The van der Waals surface area contributed by atoms with Crippen molar-refractivity contribution in [3.05, 3.63) is 64.2 Å². The molecule has 0 bridgehead atoms. The van der Waals surface area contributed by atoms with Crippen LogP contribution in [-0.4, -0.2) is 53.0 Å². The number of nitrogens with one attached hydrogen (secondary N) is 1. The zero-order chi connectivity index (χ0) is 23.4. The number of alkyl halides is 3. The Morgan fingerprint density at radius 2 is 1.88 bits per heavy atom. The molecule has 3 heterocycles. The number of halogens is 5. The number of urea groups is 1. The Morgan fingerprint density at radius 1 is 1.15 bits per heavy atom. The second kappa shape index (κ2) is 8.13. The Balaban J connectivity index is 1.04. The van der Waals surface area contributed by atoms with Gasteiger partial charge < -0.3 is 15.1 Å². The molecule has 1 aromatic carbocycles. The highest BCUT2D eigenvalue weighted by atomic mass is 35.5. The van der Waals surface area contributed by atoms with Crippen molar-refractivity contribution in [2.45, 2.75) is 37.5 Å². The lowest BCUT2D eigenvalue weighted by Crippen LogP contribution is -2.69. The number of aromatic nitrogens is 1. The maximum absolute atomic E-state index is 13.4. The van der Waals surface area contributed by atoms with Crippen molar-refractivity contribution in [1.82, 2.24) is 20.1 Å². The highest BCUT2D eigenvalue weighted by molar-refractivity contribution is 6.31. The van der Waals surface area contributed by atoms with Crippen LogP contribution in [0.2, 0.25) is 5.02 Å². The largest absolute Gasteiger partial charge is 0.416 e. The van der Waals surface area contributed by atoms with Crippen LogP contribution in [0.1, 0.15) is 35.4 Å². The molecule has 1 aliphatic carbocycles. The smallest absolute Gasteiger partial charge is 0.323 e. The van der Waals surface area contributed by atoms with Crippen molar-refractivity contribution in [3.63, 3.8) is 0 Å². The van der Waals surface area contributed by atoms with Crippen LogP contribution in [0.15, 0.2) is 36.7 Å². The fraction of sp³-hybridized carbons (Fsp3) is 0.478. The van der Waals surface area contributed by atoms with Crippen LogP contribution in [0.4, 0.5) is 22.4 Å². The number of carbonyl (C=O) groups excluding carboxylic acids is 1. The third kappa shape index (κ3) is 4.40. The minimum Gasteiger partial charge on any atom is -0.323 e. The molecule has 1 saturated carbocycles. The van der Waals surface area contributed by atoms with E-state index in [4.69, 9.17) is 11.6 Å². The van der Waals surface area contributed by atoms with E-state index in [1.165, 1.54) is 18.3 Å². The van der Waals surface area contributed by atoms with E-state index in [2.05, 4.69) is 10.3 Å². The summed E-state index contributed by atoms with van der Waals surface area (Å²) in [5.41, 5.74) is 0.894. The molecule has 3 aliphatic rings. The first-order chi connectivity index (χ1) is 15.6. The van der Waals surface area contributed by atoms with Gasteiger partial charge in [-0.1, -0.05) is 17.7 Å². The first-order valence-corrected chi connectivity index (χ1v) is 11.2. The Labute approximate surface area is 193 Å². The lowest BCUT2D eigenvalue weighted by atomic mass is 9.56. The number of likely N-dealkylation sites (tertiary alicyclic amines) is 2. The second-order valence-electron chi connectivity index (χ2n) is 9.47. The Hall–Kier alpha value is -2.39. The van der Waals surface area contributed by atoms with Gasteiger partial charge in [0.15, 0.2) is 0 Å². The summed E-state index contributed by atoms with van der Waals surface area (Å²) in [6, 6.07) is 4.97. The molecule has 33 heavy (non-hydrogen) atoms. The van der Waals surface area contributed by atoms with E-state index >= 15 is 0 Å². The number of amides is 2. The van der Waals surface area contributed by atoms with Gasteiger partial charge in [0.2, 0.25) is 0 Å². The SMILES string of the molecule is O=C(N1CC(NCc2ccc(C(F)(F)F)cc2Cl)C1)N1CC2(CC(c3cncc(F)c3)C2)C1. The fourth-order valence-corrected chi connectivity index (χ4v) is 5.36. The Kier molecular flexibility index (Phi) is 5.52. The van der Waals surface area contributed by atoms with Gasteiger partial charge in [0.1, 0.15) is 5.82 Å². The monoisotopic (exact) mass is 482 g/mol. The van der Waals surface area contributed by atoms with Gasteiger partial charge in [-0.25, -0.2) is 9.18 Å². The van der Waals surface area contributed by atoms with Crippen LogP contribution in [0, 0.1) is 11.2 Å². The first kappa shape index (κ1) is 22.4. The molecule has 2 aliphatic heterocycles. The van der Waals surface area contributed by atoms with Gasteiger partial charge in [-0.2, -0.15) is 13.2 Å². The molecule has 2 amide bonds. The summed E-state index contributed by atoms with van der Waals surface area (Å²) in [7, 11) is 0. The zero-order valence-electron chi connectivity index (χ0n) is 17.7. The lowest BCUT2D eigenvalue weighted by molar-refractivity contribution is -0.137. The number of rotatable bonds is 4. The maximum Gasteiger partial charge on any atom is 0.416 e. The molecule has 176 valence electrons. The second-order valence-corrected chi connectivity index (χ2v) is 9.87.